The van der Waals surface area contributed by atoms with Crippen molar-refractivity contribution in [3.05, 3.63) is 59.0 Å². The predicted octanol–water partition coefficient (Wildman–Crippen LogP) is 8.53. The zero-order valence-corrected chi connectivity index (χ0v) is 35.3. The van der Waals surface area contributed by atoms with Gasteiger partial charge in [0.25, 0.3) is 5.91 Å². The minimum atomic E-state index is -0.937. The molecule has 3 aromatic rings. The number of hydrogen-bond donors (Lipinski definition) is 3. The molecule has 3 fully saturated rings. The number of urea groups is 1. The maximum atomic E-state index is 13.3. The summed E-state index contributed by atoms with van der Waals surface area (Å²) in [6.45, 7) is 27.8. The van der Waals surface area contributed by atoms with Crippen molar-refractivity contribution in [3.8, 4) is 5.75 Å². The molecule has 2 unspecified atom stereocenters. The predicted molar refractivity (Wildman–Crippen MR) is 220 cm³/mol. The van der Waals surface area contributed by atoms with E-state index in [1.54, 1.807) is 4.90 Å². The van der Waals surface area contributed by atoms with Gasteiger partial charge in [-0.05, 0) is 139 Å². The molecule has 0 spiro atoms. The van der Waals surface area contributed by atoms with Gasteiger partial charge in [0.2, 0.25) is 0 Å². The average Bonchev–Trinajstić information content (AvgIpc) is 3.80. The quantitative estimate of drug-likeness (QED) is 0.177. The normalized spacial score (nSPS) is 36.7. The van der Waals surface area contributed by atoms with Gasteiger partial charge in [-0.3, -0.25) is 9.69 Å². The number of nitrogens with zero attached hydrogens (tertiary/aromatic N) is 3. The Balaban J connectivity index is 1.20. The van der Waals surface area contributed by atoms with Crippen molar-refractivity contribution in [3.63, 3.8) is 0 Å². The second-order valence-electron chi connectivity index (χ2n) is 20.6. The summed E-state index contributed by atoms with van der Waals surface area (Å²) in [5.41, 5.74) is 4.73. The number of carbonyl (C=O) groups is 2. The van der Waals surface area contributed by atoms with Crippen LogP contribution in [-0.2, 0) is 21.4 Å². The molecular formula is C47H61N3O6. The Kier molecular flexibility index (Phi) is 7.64. The second-order valence-corrected chi connectivity index (χ2v) is 20.6. The van der Waals surface area contributed by atoms with Crippen LogP contribution in [0.3, 0.4) is 0 Å². The van der Waals surface area contributed by atoms with Crippen molar-refractivity contribution in [1.82, 2.24) is 14.2 Å². The highest BCUT2D eigenvalue weighted by atomic mass is 16.5. The van der Waals surface area contributed by atoms with Crippen molar-refractivity contribution in [2.45, 2.75) is 143 Å². The first-order valence-electron chi connectivity index (χ1n) is 20.9. The van der Waals surface area contributed by atoms with Crippen LogP contribution < -0.4 is 0 Å². The molecule has 3 N–H and O–H groups in total. The summed E-state index contributed by atoms with van der Waals surface area (Å²) in [4.78, 5) is 29.3. The molecule has 3 amide bonds. The fourth-order valence-electron chi connectivity index (χ4n) is 13.8. The van der Waals surface area contributed by atoms with Crippen LogP contribution in [0, 0.1) is 28.6 Å². The molecule has 1 saturated heterocycles. The number of aromatic hydroxyl groups is 1. The number of allylic oxidation sites excluding steroid dienone is 1. The molecule has 6 aliphatic rings. The third-order valence-corrected chi connectivity index (χ3v) is 16.4. The van der Waals surface area contributed by atoms with E-state index < -0.39 is 34.4 Å². The van der Waals surface area contributed by atoms with Gasteiger partial charge >= 0.3 is 6.03 Å². The van der Waals surface area contributed by atoms with E-state index in [0.717, 1.165) is 64.2 Å². The molecule has 300 valence electrons. The molecule has 2 aromatic heterocycles. The SMILES string of the molecule is C=C(C)c1c(O)c2c3c(cc4c5c(n1c42)[C@@]1(C)C(CC[C@H]2[C@](C)(C=CCN4C(=O)N(CC)C(=O)C4(C)C)[C@@H](O)CC[C@@]21C)C5)C1=CC(C)(C)OC(C)(C)C1[C@@H]3O. The summed E-state index contributed by atoms with van der Waals surface area (Å²) in [5.74, 6) is 0.227. The number of aliphatic hydroxyl groups excluding tert-OH is 2. The maximum absolute atomic E-state index is 13.3. The molecule has 0 bridgehead atoms. The lowest BCUT2D eigenvalue weighted by Gasteiger charge is -2.64. The number of benzene rings is 1. The summed E-state index contributed by atoms with van der Waals surface area (Å²) >= 11 is 0. The second kappa shape index (κ2) is 11.3. The largest absolute Gasteiger partial charge is 0.505 e. The van der Waals surface area contributed by atoms with Crippen LogP contribution >= 0.6 is 0 Å². The highest BCUT2D eigenvalue weighted by Crippen LogP contribution is 2.71. The van der Waals surface area contributed by atoms with E-state index >= 15 is 0 Å². The van der Waals surface area contributed by atoms with Crippen LogP contribution in [0.25, 0.3) is 27.4 Å². The molecule has 8 atom stereocenters. The lowest BCUT2D eigenvalue weighted by atomic mass is 9.40. The van der Waals surface area contributed by atoms with Crippen LogP contribution in [0.2, 0.25) is 0 Å². The van der Waals surface area contributed by atoms with Gasteiger partial charge in [-0.2, -0.15) is 0 Å². The molecular weight excluding hydrogens is 703 g/mol. The van der Waals surface area contributed by atoms with E-state index in [0.29, 0.717) is 31.1 Å². The number of fused-ring (bicyclic) bond motifs is 11. The number of rotatable bonds is 5. The van der Waals surface area contributed by atoms with Crippen LogP contribution in [0.5, 0.6) is 5.75 Å². The molecule has 9 rings (SSSR count). The third kappa shape index (κ3) is 4.32. The molecule has 1 aromatic carbocycles. The zero-order valence-electron chi connectivity index (χ0n) is 35.3. The summed E-state index contributed by atoms with van der Waals surface area (Å²) in [7, 11) is 0. The number of aliphatic hydroxyl groups is 2. The number of hydrogen-bond acceptors (Lipinski definition) is 6. The van der Waals surface area contributed by atoms with E-state index in [2.05, 4.69) is 77.7 Å². The van der Waals surface area contributed by atoms with Crippen LogP contribution in [0.15, 0.2) is 30.9 Å². The van der Waals surface area contributed by atoms with Gasteiger partial charge in [0.05, 0.1) is 34.6 Å². The number of ether oxygens (including phenoxy) is 1. The first kappa shape index (κ1) is 37.9. The molecule has 0 radical (unpaired) electrons. The van der Waals surface area contributed by atoms with Crippen LogP contribution in [-0.4, -0.2) is 77.4 Å². The van der Waals surface area contributed by atoms with Crippen LogP contribution in [0.1, 0.15) is 136 Å². The molecule has 2 saturated carbocycles. The number of imide groups is 1. The Morgan fingerprint density at radius 1 is 1.04 bits per heavy atom. The lowest BCUT2D eigenvalue weighted by molar-refractivity contribution is -0.144. The summed E-state index contributed by atoms with van der Waals surface area (Å²) in [5, 5.41) is 38.5. The highest BCUT2D eigenvalue weighted by molar-refractivity contribution is 6.11. The van der Waals surface area contributed by atoms with Gasteiger partial charge in [-0.25, -0.2) is 4.79 Å². The Morgan fingerprint density at radius 2 is 1.73 bits per heavy atom. The van der Waals surface area contributed by atoms with E-state index in [1.807, 2.05) is 33.8 Å². The van der Waals surface area contributed by atoms with Crippen molar-refractivity contribution in [2.24, 2.45) is 28.6 Å². The van der Waals surface area contributed by atoms with Gasteiger partial charge in [-0.1, -0.05) is 39.5 Å². The fourth-order valence-corrected chi connectivity index (χ4v) is 13.8. The topological polar surface area (TPSA) is 115 Å². The molecule has 56 heavy (non-hydrogen) atoms. The van der Waals surface area contributed by atoms with Crippen LogP contribution in [0.4, 0.5) is 4.79 Å². The van der Waals surface area contributed by atoms with Gasteiger partial charge in [0.15, 0.2) is 0 Å². The standard InChI is InChI=1S/C47H61N3O6/c1-13-48-40(54)43(6,7)49(41(48)55)20-14-18-45(10)30-16-15-25-21-28-27-22-26-29-23-42(4,5)56-44(8,9)34(29)37(52)32(26)33-36(27)50(35(24(2)3)38(33)53)39(28)47(25,12)46(30,11)19-17-31(45)51/h14,18,22-23,25,30-31,34,37,51-53H,2,13,15-17,19-21H2,1,3-12H3/t25?,30-,31-,34?,37+,45-,46-,47+/m0/s1. The van der Waals surface area contributed by atoms with Gasteiger partial charge in [0.1, 0.15) is 11.3 Å². The maximum Gasteiger partial charge on any atom is 0.327 e. The highest BCUT2D eigenvalue weighted by Gasteiger charge is 2.67. The minimum absolute atomic E-state index is 0.125. The number of carbonyl (C=O) groups excluding carboxylic acids is 2. The Morgan fingerprint density at radius 3 is 2.38 bits per heavy atom. The average molecular weight is 764 g/mol. The summed E-state index contributed by atoms with van der Waals surface area (Å²) in [6, 6.07) is 2.04. The number of aromatic nitrogens is 1. The number of amides is 3. The molecule has 4 heterocycles. The first-order chi connectivity index (χ1) is 26.0. The first-order valence-corrected chi connectivity index (χ1v) is 20.9. The van der Waals surface area contributed by atoms with E-state index in [4.69, 9.17) is 4.74 Å². The van der Waals surface area contributed by atoms with Gasteiger partial charge < -0.3 is 29.4 Å². The molecule has 2 aliphatic heterocycles. The number of likely N-dealkylation sites (N-methyl/N-ethyl adjacent to an activating group) is 1. The lowest BCUT2D eigenvalue weighted by Crippen LogP contribution is -2.62. The summed E-state index contributed by atoms with van der Waals surface area (Å²) < 4.78 is 8.89. The monoisotopic (exact) mass is 763 g/mol. The smallest absolute Gasteiger partial charge is 0.327 e. The zero-order chi connectivity index (χ0) is 40.6. The van der Waals surface area contributed by atoms with E-state index in [1.165, 1.54) is 16.2 Å². The van der Waals surface area contributed by atoms with E-state index in [9.17, 15) is 24.9 Å². The van der Waals surface area contributed by atoms with Gasteiger partial charge in [0, 0.05) is 51.9 Å². The van der Waals surface area contributed by atoms with Gasteiger partial charge in [-0.15, -0.1) is 0 Å². The third-order valence-electron chi connectivity index (χ3n) is 16.4. The summed E-state index contributed by atoms with van der Waals surface area (Å²) in [6.07, 6.45) is 9.34. The van der Waals surface area contributed by atoms with Crippen molar-refractivity contribution >= 4 is 39.4 Å². The molecule has 9 heteroatoms. The Bertz CT molecular complexity index is 2330. The molecule has 4 aliphatic carbocycles. The van der Waals surface area contributed by atoms with Crippen molar-refractivity contribution in [2.75, 3.05) is 13.1 Å². The van der Waals surface area contributed by atoms with E-state index in [-0.39, 0.29) is 40.4 Å². The van der Waals surface area contributed by atoms with Crippen molar-refractivity contribution < 1.29 is 29.6 Å². The Hall–Kier alpha value is -3.66. The van der Waals surface area contributed by atoms with Crippen molar-refractivity contribution in [1.29, 1.82) is 0 Å². The fraction of sp³-hybridized carbons (Fsp3) is 0.617. The Labute approximate surface area is 331 Å². The minimum Gasteiger partial charge on any atom is -0.505 e. The molecule has 9 nitrogen and oxygen atoms in total.